The maximum atomic E-state index is 11.2. The Morgan fingerprint density at radius 2 is 1.83 bits per heavy atom. The average Bonchev–Trinajstić information content (AvgIpc) is 2.81. The zero-order chi connectivity index (χ0) is 13.1. The summed E-state index contributed by atoms with van der Waals surface area (Å²) in [6.45, 7) is 4.33. The van der Waals surface area contributed by atoms with Crippen molar-refractivity contribution in [3.8, 4) is 0 Å². The number of carbonyl (C=O) groups excluding carboxylic acids is 1. The molecule has 2 rings (SSSR count). The fourth-order valence-corrected chi connectivity index (χ4v) is 1.77. The summed E-state index contributed by atoms with van der Waals surface area (Å²) in [4.78, 5) is 13.1. The molecule has 0 saturated carbocycles. The molecule has 0 aliphatic carbocycles. The Morgan fingerprint density at radius 1 is 1.17 bits per heavy atom. The van der Waals surface area contributed by atoms with Gasteiger partial charge < -0.3 is 9.32 Å². The van der Waals surface area contributed by atoms with Gasteiger partial charge in [-0.3, -0.25) is 4.79 Å². The minimum absolute atomic E-state index is 0.0509. The molecule has 0 unspecified atom stereocenters. The minimum atomic E-state index is -0.0509. The number of rotatable bonds is 4. The zero-order valence-corrected chi connectivity index (χ0v) is 10.9. The summed E-state index contributed by atoms with van der Waals surface area (Å²) in [5.41, 5.74) is 2.46. The van der Waals surface area contributed by atoms with Gasteiger partial charge >= 0.3 is 0 Å². The first-order chi connectivity index (χ1) is 8.56. The van der Waals surface area contributed by atoms with Crippen LogP contribution in [-0.4, -0.2) is 12.8 Å². The Labute approximate surface area is 107 Å². The lowest BCUT2D eigenvalue weighted by Crippen LogP contribution is -2.15. The smallest absolute Gasteiger partial charge is 0.196 e. The first kappa shape index (κ1) is 12.4. The van der Waals surface area contributed by atoms with E-state index in [2.05, 4.69) is 31.2 Å². The highest BCUT2D eigenvalue weighted by atomic mass is 16.4. The van der Waals surface area contributed by atoms with Gasteiger partial charge in [0.1, 0.15) is 0 Å². The monoisotopic (exact) mass is 243 g/mol. The van der Waals surface area contributed by atoms with Gasteiger partial charge in [-0.05, 0) is 18.6 Å². The van der Waals surface area contributed by atoms with Crippen molar-refractivity contribution in [2.24, 2.45) is 0 Å². The lowest BCUT2D eigenvalue weighted by atomic mass is 10.1. The number of nitrogens with zero attached hydrogens (tertiary/aromatic N) is 1. The van der Waals surface area contributed by atoms with Gasteiger partial charge in [0.2, 0.25) is 0 Å². The van der Waals surface area contributed by atoms with Gasteiger partial charge in [0, 0.05) is 26.6 Å². The van der Waals surface area contributed by atoms with E-state index in [0.29, 0.717) is 11.6 Å². The van der Waals surface area contributed by atoms with E-state index in [1.54, 1.807) is 6.07 Å². The maximum Gasteiger partial charge on any atom is 0.196 e. The van der Waals surface area contributed by atoms with Gasteiger partial charge in [0.15, 0.2) is 17.4 Å². The highest BCUT2D eigenvalue weighted by molar-refractivity contribution is 5.91. The summed E-state index contributed by atoms with van der Waals surface area (Å²) in [5.74, 6) is 1.06. The molecule has 0 radical (unpaired) electrons. The summed E-state index contributed by atoms with van der Waals surface area (Å²) in [6, 6.07) is 11.9. The molecular formula is C15H17NO2. The first-order valence-corrected chi connectivity index (χ1v) is 5.94. The molecule has 0 bridgehead atoms. The molecule has 1 aromatic heterocycles. The number of aryl methyl sites for hydroxylation is 1. The van der Waals surface area contributed by atoms with Crippen LogP contribution >= 0.6 is 0 Å². The summed E-state index contributed by atoms with van der Waals surface area (Å²) in [7, 11) is 1.95. The van der Waals surface area contributed by atoms with E-state index in [9.17, 15) is 4.79 Å². The number of hydrogen-bond donors (Lipinski definition) is 0. The van der Waals surface area contributed by atoms with Crippen LogP contribution in [0.3, 0.4) is 0 Å². The zero-order valence-electron chi connectivity index (χ0n) is 10.9. The largest absolute Gasteiger partial charge is 0.437 e. The van der Waals surface area contributed by atoms with E-state index in [4.69, 9.17) is 4.42 Å². The van der Waals surface area contributed by atoms with Crippen LogP contribution in [0.4, 0.5) is 5.88 Å². The molecule has 1 aromatic carbocycles. The Balaban J connectivity index is 2.09. The highest BCUT2D eigenvalue weighted by Crippen LogP contribution is 2.19. The number of carbonyl (C=O) groups is 1. The standard InChI is InChI=1S/C15H17NO2/c1-11-4-6-13(7-5-11)10-16(3)15-9-8-14(18-15)12(2)17/h4-9H,10H2,1-3H3. The van der Waals surface area contributed by atoms with E-state index in [1.807, 2.05) is 18.0 Å². The normalized spacial score (nSPS) is 10.4. The SMILES string of the molecule is CC(=O)c1ccc(N(C)Cc2ccc(C)cc2)o1. The molecule has 3 heteroatoms. The van der Waals surface area contributed by atoms with Crippen molar-refractivity contribution >= 4 is 11.7 Å². The van der Waals surface area contributed by atoms with E-state index >= 15 is 0 Å². The second-order valence-electron chi connectivity index (χ2n) is 4.54. The molecule has 2 aromatic rings. The van der Waals surface area contributed by atoms with Crippen LogP contribution in [0.15, 0.2) is 40.8 Å². The van der Waals surface area contributed by atoms with Crippen molar-refractivity contribution in [1.82, 2.24) is 0 Å². The first-order valence-electron chi connectivity index (χ1n) is 5.94. The van der Waals surface area contributed by atoms with Crippen molar-refractivity contribution in [2.45, 2.75) is 20.4 Å². The Bertz CT molecular complexity index is 540. The van der Waals surface area contributed by atoms with Crippen molar-refractivity contribution in [1.29, 1.82) is 0 Å². The fraction of sp³-hybridized carbons (Fsp3) is 0.267. The predicted molar refractivity (Wildman–Crippen MR) is 72.0 cm³/mol. The molecule has 94 valence electrons. The van der Waals surface area contributed by atoms with E-state index in [-0.39, 0.29) is 5.78 Å². The van der Waals surface area contributed by atoms with Crippen molar-refractivity contribution in [2.75, 3.05) is 11.9 Å². The Kier molecular flexibility index (Phi) is 3.51. The third-order valence-corrected chi connectivity index (χ3v) is 2.86. The fourth-order valence-electron chi connectivity index (χ4n) is 1.77. The third kappa shape index (κ3) is 2.80. The average molecular weight is 243 g/mol. The van der Waals surface area contributed by atoms with Crippen LogP contribution in [0.5, 0.6) is 0 Å². The van der Waals surface area contributed by atoms with Gasteiger partial charge in [-0.1, -0.05) is 29.8 Å². The lowest BCUT2D eigenvalue weighted by molar-refractivity contribution is 0.0988. The minimum Gasteiger partial charge on any atom is -0.437 e. The summed E-state index contributed by atoms with van der Waals surface area (Å²) in [5, 5.41) is 0. The van der Waals surface area contributed by atoms with Crippen LogP contribution in [0.1, 0.15) is 28.6 Å². The van der Waals surface area contributed by atoms with Crippen LogP contribution < -0.4 is 4.90 Å². The van der Waals surface area contributed by atoms with Crippen LogP contribution in [0.2, 0.25) is 0 Å². The number of hydrogen-bond acceptors (Lipinski definition) is 3. The van der Waals surface area contributed by atoms with Gasteiger partial charge in [-0.15, -0.1) is 0 Å². The second kappa shape index (κ2) is 5.08. The summed E-state index contributed by atoms with van der Waals surface area (Å²) < 4.78 is 5.48. The third-order valence-electron chi connectivity index (χ3n) is 2.86. The predicted octanol–water partition coefficient (Wildman–Crippen LogP) is 3.43. The maximum absolute atomic E-state index is 11.2. The van der Waals surface area contributed by atoms with Gasteiger partial charge in [-0.25, -0.2) is 0 Å². The van der Waals surface area contributed by atoms with Crippen molar-refractivity contribution in [3.05, 3.63) is 53.3 Å². The van der Waals surface area contributed by atoms with Gasteiger partial charge in [0.05, 0.1) is 0 Å². The lowest BCUT2D eigenvalue weighted by Gasteiger charge is -2.16. The Morgan fingerprint density at radius 3 is 2.39 bits per heavy atom. The quantitative estimate of drug-likeness (QED) is 0.771. The van der Waals surface area contributed by atoms with Gasteiger partial charge in [-0.2, -0.15) is 0 Å². The van der Waals surface area contributed by atoms with Crippen LogP contribution in [-0.2, 0) is 6.54 Å². The summed E-state index contributed by atoms with van der Waals surface area (Å²) in [6.07, 6.45) is 0. The molecule has 0 saturated heterocycles. The van der Waals surface area contributed by atoms with E-state index in [1.165, 1.54) is 18.1 Å². The second-order valence-corrected chi connectivity index (χ2v) is 4.54. The van der Waals surface area contributed by atoms with Crippen molar-refractivity contribution < 1.29 is 9.21 Å². The number of benzene rings is 1. The number of ketones is 1. The summed E-state index contributed by atoms with van der Waals surface area (Å²) >= 11 is 0. The number of Topliss-reactive ketones (excluding diaryl/α,β-unsaturated/α-hetero) is 1. The topological polar surface area (TPSA) is 33.5 Å². The molecule has 0 fully saturated rings. The number of anilines is 1. The molecule has 0 amide bonds. The van der Waals surface area contributed by atoms with E-state index < -0.39 is 0 Å². The van der Waals surface area contributed by atoms with Crippen LogP contribution in [0.25, 0.3) is 0 Å². The molecule has 3 nitrogen and oxygen atoms in total. The molecule has 0 aliphatic heterocycles. The Hall–Kier alpha value is -2.03. The molecule has 1 heterocycles. The number of furan rings is 1. The van der Waals surface area contributed by atoms with Crippen LogP contribution in [0, 0.1) is 6.92 Å². The highest BCUT2D eigenvalue weighted by Gasteiger charge is 2.10. The van der Waals surface area contributed by atoms with Gasteiger partial charge in [0.25, 0.3) is 0 Å². The molecular weight excluding hydrogens is 226 g/mol. The molecule has 0 aliphatic rings. The molecule has 0 spiro atoms. The molecule has 18 heavy (non-hydrogen) atoms. The van der Waals surface area contributed by atoms with Crippen molar-refractivity contribution in [3.63, 3.8) is 0 Å². The van der Waals surface area contributed by atoms with E-state index in [0.717, 1.165) is 6.54 Å². The molecule has 0 N–H and O–H groups in total. The molecule has 0 atom stereocenters.